The highest BCUT2D eigenvalue weighted by atomic mass is 32.2. The summed E-state index contributed by atoms with van der Waals surface area (Å²) in [6.45, 7) is 3.91. The van der Waals surface area contributed by atoms with Gasteiger partial charge in [0.05, 0.1) is 19.1 Å². The molecule has 3 rings (SSSR count). The lowest BCUT2D eigenvalue weighted by Crippen LogP contribution is -2.48. The fourth-order valence-corrected chi connectivity index (χ4v) is 5.40. The van der Waals surface area contributed by atoms with Crippen LogP contribution < -0.4 is 9.47 Å². The lowest BCUT2D eigenvalue weighted by molar-refractivity contribution is 0.164. The van der Waals surface area contributed by atoms with Crippen molar-refractivity contribution < 1.29 is 17.9 Å². The van der Waals surface area contributed by atoms with E-state index in [4.69, 9.17) is 9.47 Å². The van der Waals surface area contributed by atoms with Crippen LogP contribution in [0.3, 0.4) is 0 Å². The van der Waals surface area contributed by atoms with Crippen LogP contribution in [0.1, 0.15) is 24.0 Å². The minimum absolute atomic E-state index is 0.208. The van der Waals surface area contributed by atoms with Gasteiger partial charge >= 0.3 is 0 Å². The Balaban J connectivity index is 1.63. The molecule has 1 heterocycles. The molecule has 2 aromatic rings. The average Bonchev–Trinajstić information content (AvgIpc) is 2.77. The molecule has 1 fully saturated rings. The third-order valence-electron chi connectivity index (χ3n) is 5.84. The normalized spacial score (nSPS) is 17.8. The Morgan fingerprint density at radius 2 is 1.77 bits per heavy atom. The van der Waals surface area contributed by atoms with Crippen LogP contribution in [-0.2, 0) is 16.4 Å². The third kappa shape index (κ3) is 5.14. The highest BCUT2D eigenvalue weighted by Gasteiger charge is 2.31. The molecule has 0 N–H and O–H groups in total. The molecule has 0 unspecified atom stereocenters. The van der Waals surface area contributed by atoms with Crippen molar-refractivity contribution >= 4 is 10.0 Å². The van der Waals surface area contributed by atoms with Crippen molar-refractivity contribution in [3.05, 3.63) is 53.6 Å². The number of rotatable bonds is 8. The van der Waals surface area contributed by atoms with E-state index >= 15 is 0 Å². The van der Waals surface area contributed by atoms with Gasteiger partial charge in [0.1, 0.15) is 0 Å². The Bertz CT molecular complexity index is 944. The number of hydrogen-bond donors (Lipinski definition) is 0. The van der Waals surface area contributed by atoms with E-state index in [0.29, 0.717) is 18.0 Å². The van der Waals surface area contributed by atoms with Gasteiger partial charge in [-0.05, 0) is 63.1 Å². The van der Waals surface area contributed by atoms with Crippen LogP contribution in [0, 0.1) is 6.92 Å². The molecule has 1 saturated heterocycles. The molecular formula is C23H32N2O4S. The second kappa shape index (κ2) is 9.81. The first kappa shape index (κ1) is 22.6. The van der Waals surface area contributed by atoms with Crippen molar-refractivity contribution in [3.8, 4) is 11.5 Å². The minimum Gasteiger partial charge on any atom is -0.493 e. The molecule has 7 heteroatoms. The molecule has 1 atom stereocenters. The molecule has 164 valence electrons. The maximum Gasteiger partial charge on any atom is 0.243 e. The van der Waals surface area contributed by atoms with E-state index in [0.717, 1.165) is 42.9 Å². The molecule has 1 aliphatic heterocycles. The van der Waals surface area contributed by atoms with Crippen molar-refractivity contribution in [2.75, 3.05) is 40.9 Å². The van der Waals surface area contributed by atoms with E-state index in [1.54, 1.807) is 30.7 Å². The van der Waals surface area contributed by atoms with E-state index in [1.165, 1.54) is 5.56 Å². The smallest absolute Gasteiger partial charge is 0.243 e. The van der Waals surface area contributed by atoms with Gasteiger partial charge in [-0.15, -0.1) is 0 Å². The number of benzene rings is 2. The second-order valence-electron chi connectivity index (χ2n) is 7.89. The Kier molecular flexibility index (Phi) is 7.39. The first-order valence-electron chi connectivity index (χ1n) is 10.3. The largest absolute Gasteiger partial charge is 0.493 e. The summed E-state index contributed by atoms with van der Waals surface area (Å²) in [4.78, 5) is 2.65. The van der Waals surface area contributed by atoms with E-state index in [2.05, 4.69) is 11.9 Å². The summed E-state index contributed by atoms with van der Waals surface area (Å²) < 4.78 is 38.4. The van der Waals surface area contributed by atoms with Crippen LogP contribution in [0.15, 0.2) is 47.4 Å². The number of likely N-dealkylation sites (N-methyl/N-ethyl adjacent to an activating group) is 1. The summed E-state index contributed by atoms with van der Waals surface area (Å²) in [6, 6.07) is 13.3. The van der Waals surface area contributed by atoms with E-state index in [9.17, 15) is 8.42 Å². The first-order valence-corrected chi connectivity index (χ1v) is 11.8. The fraction of sp³-hybridized carbons (Fsp3) is 0.478. The molecule has 0 amide bonds. The third-order valence-corrected chi connectivity index (χ3v) is 7.72. The standard InChI is InChI=1S/C23H32N2O4S/c1-18-7-10-21(11-8-18)30(26,27)25-14-5-6-20(17-25)24(2)15-13-19-9-12-22(28-3)23(16-19)29-4/h7-12,16,20H,5-6,13-15,17H2,1-4H3/t20-/m1/s1. The summed E-state index contributed by atoms with van der Waals surface area (Å²) in [5, 5.41) is 0. The molecule has 2 aromatic carbocycles. The number of methoxy groups -OCH3 is 2. The van der Waals surface area contributed by atoms with Crippen LogP contribution in [0.2, 0.25) is 0 Å². The maximum atomic E-state index is 13.1. The zero-order valence-corrected chi connectivity index (χ0v) is 19.1. The minimum atomic E-state index is -3.45. The van der Waals surface area contributed by atoms with E-state index < -0.39 is 10.0 Å². The van der Waals surface area contributed by atoms with Gasteiger partial charge in [-0.1, -0.05) is 23.8 Å². The molecule has 0 saturated carbocycles. The van der Waals surface area contributed by atoms with Gasteiger partial charge in [0.15, 0.2) is 11.5 Å². The Hall–Kier alpha value is -2.09. The summed E-state index contributed by atoms with van der Waals surface area (Å²) in [5.74, 6) is 1.45. The van der Waals surface area contributed by atoms with Crippen molar-refractivity contribution in [1.82, 2.24) is 9.21 Å². The molecular weight excluding hydrogens is 400 g/mol. The topological polar surface area (TPSA) is 59.1 Å². The predicted molar refractivity (Wildman–Crippen MR) is 119 cm³/mol. The number of ether oxygens (including phenoxy) is 2. The van der Waals surface area contributed by atoms with Gasteiger partial charge in [-0.3, -0.25) is 0 Å². The van der Waals surface area contributed by atoms with Gasteiger partial charge < -0.3 is 14.4 Å². The van der Waals surface area contributed by atoms with Crippen molar-refractivity contribution in [1.29, 1.82) is 0 Å². The maximum absolute atomic E-state index is 13.1. The monoisotopic (exact) mass is 432 g/mol. The van der Waals surface area contributed by atoms with Gasteiger partial charge in [-0.25, -0.2) is 8.42 Å². The fourth-order valence-electron chi connectivity index (χ4n) is 3.88. The van der Waals surface area contributed by atoms with Crippen LogP contribution in [0.5, 0.6) is 11.5 Å². The molecule has 0 aromatic heterocycles. The van der Waals surface area contributed by atoms with Crippen molar-refractivity contribution in [2.24, 2.45) is 0 Å². The average molecular weight is 433 g/mol. The summed E-state index contributed by atoms with van der Waals surface area (Å²) in [5.41, 5.74) is 2.22. The van der Waals surface area contributed by atoms with Crippen molar-refractivity contribution in [2.45, 2.75) is 37.1 Å². The highest BCUT2D eigenvalue weighted by molar-refractivity contribution is 7.89. The molecule has 30 heavy (non-hydrogen) atoms. The Morgan fingerprint density at radius 3 is 2.43 bits per heavy atom. The summed E-state index contributed by atoms with van der Waals surface area (Å²) in [7, 11) is 1.89. The van der Waals surface area contributed by atoms with E-state index in [-0.39, 0.29) is 6.04 Å². The summed E-state index contributed by atoms with van der Waals surface area (Å²) >= 11 is 0. The Labute approximate surface area is 180 Å². The lowest BCUT2D eigenvalue weighted by atomic mass is 10.1. The van der Waals surface area contributed by atoms with Gasteiger partial charge in [0, 0.05) is 25.7 Å². The summed E-state index contributed by atoms with van der Waals surface area (Å²) in [6.07, 6.45) is 2.73. The molecule has 6 nitrogen and oxygen atoms in total. The number of hydrogen-bond acceptors (Lipinski definition) is 5. The number of piperidine rings is 1. The lowest BCUT2D eigenvalue weighted by Gasteiger charge is -2.37. The SMILES string of the molecule is COc1ccc(CCN(C)[C@@H]2CCCN(S(=O)(=O)c3ccc(C)cc3)C2)cc1OC. The van der Waals surface area contributed by atoms with Gasteiger partial charge in [-0.2, -0.15) is 4.31 Å². The zero-order valence-electron chi connectivity index (χ0n) is 18.3. The molecule has 0 radical (unpaired) electrons. The first-order chi connectivity index (χ1) is 14.3. The zero-order chi connectivity index (χ0) is 21.7. The Morgan fingerprint density at radius 1 is 1.07 bits per heavy atom. The van der Waals surface area contributed by atoms with Crippen LogP contribution in [-0.4, -0.2) is 64.6 Å². The molecule has 0 spiro atoms. The van der Waals surface area contributed by atoms with Gasteiger partial charge in [0.2, 0.25) is 10.0 Å². The van der Waals surface area contributed by atoms with Gasteiger partial charge in [0.25, 0.3) is 0 Å². The van der Waals surface area contributed by atoms with Crippen LogP contribution in [0.4, 0.5) is 0 Å². The van der Waals surface area contributed by atoms with E-state index in [1.807, 2.05) is 37.3 Å². The predicted octanol–water partition coefficient (Wildman–Crippen LogP) is 3.34. The van der Waals surface area contributed by atoms with Crippen molar-refractivity contribution in [3.63, 3.8) is 0 Å². The number of nitrogens with zero attached hydrogens (tertiary/aromatic N) is 2. The second-order valence-corrected chi connectivity index (χ2v) is 9.83. The number of sulfonamides is 1. The molecule has 1 aliphatic rings. The highest BCUT2D eigenvalue weighted by Crippen LogP contribution is 2.28. The van der Waals surface area contributed by atoms with Crippen LogP contribution >= 0.6 is 0 Å². The molecule has 0 bridgehead atoms. The van der Waals surface area contributed by atoms with Crippen LogP contribution in [0.25, 0.3) is 0 Å². The molecule has 0 aliphatic carbocycles. The quantitative estimate of drug-likeness (QED) is 0.640. The number of aryl methyl sites for hydroxylation is 1.